The summed E-state index contributed by atoms with van der Waals surface area (Å²) in [6, 6.07) is 10.0. The molecule has 3 rings (SSSR count). The number of nitrogens with zero attached hydrogens (tertiary/aromatic N) is 3. The molecule has 2 heterocycles. The van der Waals surface area contributed by atoms with E-state index in [0.717, 1.165) is 22.2 Å². The molecule has 3 aromatic rings. The number of aryl methyl sites for hydroxylation is 2. The molecule has 110 valence electrons. The molecule has 0 aliphatic rings. The number of aromatic amines is 1. The first-order valence-corrected chi connectivity index (χ1v) is 7.07. The predicted octanol–water partition coefficient (Wildman–Crippen LogP) is 2.62. The van der Waals surface area contributed by atoms with Crippen LogP contribution in [0.15, 0.2) is 41.6 Å². The Morgan fingerprint density at radius 3 is 2.91 bits per heavy atom. The molecule has 0 saturated carbocycles. The Hall–Kier alpha value is -2.87. The Morgan fingerprint density at radius 1 is 1.41 bits per heavy atom. The highest BCUT2D eigenvalue weighted by molar-refractivity contribution is 5.80. The molecule has 22 heavy (non-hydrogen) atoms. The van der Waals surface area contributed by atoms with E-state index in [1.807, 2.05) is 35.9 Å². The first-order chi connectivity index (χ1) is 10.6. The van der Waals surface area contributed by atoms with E-state index in [2.05, 4.69) is 16.0 Å². The number of fused-ring (bicyclic) bond motifs is 1. The van der Waals surface area contributed by atoms with Crippen LogP contribution in [0.2, 0.25) is 0 Å². The van der Waals surface area contributed by atoms with Crippen LogP contribution in [-0.2, 0) is 7.05 Å². The molecule has 5 heteroatoms. The van der Waals surface area contributed by atoms with E-state index < -0.39 is 0 Å². The summed E-state index contributed by atoms with van der Waals surface area (Å²) < 4.78 is 1.93. The maximum Gasteiger partial charge on any atom is 0.251 e. The third-order valence-electron chi connectivity index (χ3n) is 3.96. The molecule has 1 unspecified atom stereocenters. The van der Waals surface area contributed by atoms with Gasteiger partial charge in [-0.3, -0.25) is 4.79 Å². The number of aromatic nitrogens is 3. The minimum absolute atomic E-state index is 0.0332. The van der Waals surface area contributed by atoms with Gasteiger partial charge >= 0.3 is 0 Å². The number of nitriles is 1. The zero-order valence-corrected chi connectivity index (χ0v) is 12.5. The van der Waals surface area contributed by atoms with Gasteiger partial charge in [0.05, 0.1) is 12.4 Å². The molecule has 0 radical (unpaired) electrons. The lowest BCUT2D eigenvalue weighted by Gasteiger charge is -2.15. The van der Waals surface area contributed by atoms with Crippen LogP contribution in [0, 0.1) is 18.3 Å². The second kappa shape index (κ2) is 5.49. The zero-order valence-electron chi connectivity index (χ0n) is 12.5. The summed E-state index contributed by atoms with van der Waals surface area (Å²) in [6.45, 7) is 1.79. The van der Waals surface area contributed by atoms with Crippen LogP contribution in [0.4, 0.5) is 0 Å². The van der Waals surface area contributed by atoms with Crippen LogP contribution in [0.1, 0.15) is 29.2 Å². The second-order valence-corrected chi connectivity index (χ2v) is 5.47. The van der Waals surface area contributed by atoms with Crippen molar-refractivity contribution in [2.75, 3.05) is 0 Å². The van der Waals surface area contributed by atoms with Crippen molar-refractivity contribution in [2.24, 2.45) is 7.05 Å². The highest BCUT2D eigenvalue weighted by atomic mass is 16.1. The Bertz CT molecular complexity index is 930. The van der Waals surface area contributed by atoms with Crippen molar-refractivity contribution in [3.8, 4) is 6.07 Å². The van der Waals surface area contributed by atoms with Crippen molar-refractivity contribution in [3.63, 3.8) is 0 Å². The second-order valence-electron chi connectivity index (χ2n) is 5.47. The smallest absolute Gasteiger partial charge is 0.251 e. The van der Waals surface area contributed by atoms with Gasteiger partial charge in [-0.1, -0.05) is 6.07 Å². The first-order valence-electron chi connectivity index (χ1n) is 7.07. The quantitative estimate of drug-likeness (QED) is 0.806. The minimum Gasteiger partial charge on any atom is -0.337 e. The monoisotopic (exact) mass is 292 g/mol. The molecule has 0 spiro atoms. The third kappa shape index (κ3) is 2.40. The lowest BCUT2D eigenvalue weighted by atomic mass is 9.92. The van der Waals surface area contributed by atoms with E-state index in [1.165, 1.54) is 0 Å². The number of pyridine rings is 1. The van der Waals surface area contributed by atoms with Crippen molar-refractivity contribution >= 4 is 10.9 Å². The van der Waals surface area contributed by atoms with Gasteiger partial charge in [0.15, 0.2) is 0 Å². The normalized spacial score (nSPS) is 12.2. The number of rotatable bonds is 3. The average molecular weight is 292 g/mol. The van der Waals surface area contributed by atoms with E-state index >= 15 is 0 Å². The summed E-state index contributed by atoms with van der Waals surface area (Å²) in [5.74, 6) is -0.0332. The van der Waals surface area contributed by atoms with Crippen LogP contribution in [-0.4, -0.2) is 14.5 Å². The van der Waals surface area contributed by atoms with Gasteiger partial charge in [-0.15, -0.1) is 0 Å². The SMILES string of the molecule is Cc1cc2cc(C(CC#N)c3cncn3C)ccc2[nH]c1=O. The van der Waals surface area contributed by atoms with Gasteiger partial charge in [0.2, 0.25) is 0 Å². The molecule has 1 atom stereocenters. The number of H-pyrrole nitrogens is 1. The van der Waals surface area contributed by atoms with Gasteiger partial charge in [-0.25, -0.2) is 4.98 Å². The summed E-state index contributed by atoms with van der Waals surface area (Å²) in [4.78, 5) is 18.7. The number of benzene rings is 1. The summed E-state index contributed by atoms with van der Waals surface area (Å²) in [5.41, 5.74) is 3.47. The Labute approximate surface area is 127 Å². The molecule has 0 bridgehead atoms. The highest BCUT2D eigenvalue weighted by Gasteiger charge is 2.17. The fourth-order valence-electron chi connectivity index (χ4n) is 2.74. The topological polar surface area (TPSA) is 74.5 Å². The van der Waals surface area contributed by atoms with Gasteiger partial charge < -0.3 is 9.55 Å². The Morgan fingerprint density at radius 2 is 2.23 bits per heavy atom. The molecule has 0 fully saturated rings. The molecule has 0 amide bonds. The van der Waals surface area contributed by atoms with E-state index in [-0.39, 0.29) is 11.5 Å². The van der Waals surface area contributed by atoms with E-state index in [4.69, 9.17) is 5.26 Å². The molecule has 2 aromatic heterocycles. The van der Waals surface area contributed by atoms with E-state index in [9.17, 15) is 4.79 Å². The van der Waals surface area contributed by atoms with Crippen molar-refractivity contribution < 1.29 is 0 Å². The molecule has 0 saturated heterocycles. The summed E-state index contributed by atoms with van der Waals surface area (Å²) in [6.07, 6.45) is 3.92. The lowest BCUT2D eigenvalue weighted by Crippen LogP contribution is -2.09. The summed E-state index contributed by atoms with van der Waals surface area (Å²) in [7, 11) is 1.93. The fraction of sp³-hybridized carbons (Fsp3) is 0.235. The molecule has 1 N–H and O–H groups in total. The predicted molar refractivity (Wildman–Crippen MR) is 84.6 cm³/mol. The summed E-state index contributed by atoms with van der Waals surface area (Å²) >= 11 is 0. The summed E-state index contributed by atoms with van der Waals surface area (Å²) in [5, 5.41) is 10.1. The van der Waals surface area contributed by atoms with Crippen LogP contribution in [0.25, 0.3) is 10.9 Å². The van der Waals surface area contributed by atoms with Crippen molar-refractivity contribution in [3.05, 3.63) is 64.0 Å². The number of imidazole rings is 1. The third-order valence-corrected chi connectivity index (χ3v) is 3.96. The Balaban J connectivity index is 2.14. The first kappa shape index (κ1) is 14.1. The van der Waals surface area contributed by atoms with Crippen molar-refractivity contribution in [1.82, 2.24) is 14.5 Å². The zero-order chi connectivity index (χ0) is 15.7. The van der Waals surface area contributed by atoms with E-state index in [0.29, 0.717) is 12.0 Å². The van der Waals surface area contributed by atoms with Gasteiger partial charge in [0, 0.05) is 42.4 Å². The largest absolute Gasteiger partial charge is 0.337 e. The van der Waals surface area contributed by atoms with Gasteiger partial charge in [-0.2, -0.15) is 5.26 Å². The molecular weight excluding hydrogens is 276 g/mol. The fourth-order valence-corrected chi connectivity index (χ4v) is 2.74. The maximum atomic E-state index is 11.7. The average Bonchev–Trinajstić information content (AvgIpc) is 2.91. The minimum atomic E-state index is -0.0690. The van der Waals surface area contributed by atoms with Gasteiger partial charge in [0.25, 0.3) is 5.56 Å². The molecule has 1 aromatic carbocycles. The number of hydrogen-bond acceptors (Lipinski definition) is 3. The molecule has 0 aliphatic heterocycles. The highest BCUT2D eigenvalue weighted by Crippen LogP contribution is 2.29. The maximum absolute atomic E-state index is 11.7. The van der Waals surface area contributed by atoms with Crippen molar-refractivity contribution in [1.29, 1.82) is 5.26 Å². The van der Waals surface area contributed by atoms with Gasteiger partial charge in [0.1, 0.15) is 0 Å². The van der Waals surface area contributed by atoms with Crippen LogP contribution < -0.4 is 5.56 Å². The molecular formula is C17H16N4O. The molecule has 0 aliphatic carbocycles. The number of hydrogen-bond donors (Lipinski definition) is 1. The lowest BCUT2D eigenvalue weighted by molar-refractivity contribution is 0.732. The van der Waals surface area contributed by atoms with Crippen molar-refractivity contribution in [2.45, 2.75) is 19.3 Å². The van der Waals surface area contributed by atoms with Crippen LogP contribution in [0.3, 0.4) is 0 Å². The standard InChI is InChI=1S/C17H16N4O/c1-11-7-13-8-12(3-4-15(13)20-17(11)22)14(5-6-18)16-9-19-10-21(16)2/h3-4,7-10,14H,5H2,1-2H3,(H,20,22). The Kier molecular flexibility index (Phi) is 3.51. The van der Waals surface area contributed by atoms with Crippen LogP contribution >= 0.6 is 0 Å². The van der Waals surface area contributed by atoms with Gasteiger partial charge in [-0.05, 0) is 36.1 Å². The van der Waals surface area contributed by atoms with E-state index in [1.54, 1.807) is 19.4 Å². The van der Waals surface area contributed by atoms with Crippen LogP contribution in [0.5, 0.6) is 0 Å². The molecule has 5 nitrogen and oxygen atoms in total. The number of nitrogens with one attached hydrogen (secondary N) is 1.